The molecule has 4 heterocycles. The summed E-state index contributed by atoms with van der Waals surface area (Å²) < 4.78 is 0. The second-order valence-electron chi connectivity index (χ2n) is 7.71. The van der Waals surface area contributed by atoms with E-state index in [1.807, 2.05) is 11.8 Å². The van der Waals surface area contributed by atoms with Gasteiger partial charge in [-0.2, -0.15) is 11.8 Å². The summed E-state index contributed by atoms with van der Waals surface area (Å²) >= 11 is 2.04. The number of benzene rings is 1. The molecule has 4 nitrogen and oxygen atoms in total. The molecule has 26 heavy (non-hydrogen) atoms. The van der Waals surface area contributed by atoms with Crippen molar-refractivity contribution in [2.75, 3.05) is 34.4 Å². The summed E-state index contributed by atoms with van der Waals surface area (Å²) in [5.74, 6) is 5.36. The van der Waals surface area contributed by atoms with Gasteiger partial charge >= 0.3 is 0 Å². The minimum absolute atomic E-state index is 0.624. The molecular formula is C21H26N4S. The van der Waals surface area contributed by atoms with E-state index < -0.39 is 0 Å². The normalized spacial score (nSPS) is 28.4. The lowest BCUT2D eigenvalue weighted by Crippen LogP contribution is -2.43. The van der Waals surface area contributed by atoms with Crippen LogP contribution >= 0.6 is 11.8 Å². The average Bonchev–Trinajstić information content (AvgIpc) is 2.99. The number of thioether (sulfide) groups is 1. The molecule has 0 N–H and O–H groups in total. The Balaban J connectivity index is 1.37. The van der Waals surface area contributed by atoms with Gasteiger partial charge in [0, 0.05) is 42.7 Å². The van der Waals surface area contributed by atoms with Crippen molar-refractivity contribution < 1.29 is 0 Å². The second kappa shape index (κ2) is 7.10. The van der Waals surface area contributed by atoms with Gasteiger partial charge < -0.3 is 9.80 Å². The molecule has 3 fully saturated rings. The fourth-order valence-electron chi connectivity index (χ4n) is 4.99. The van der Waals surface area contributed by atoms with Crippen molar-refractivity contribution in [1.82, 2.24) is 9.97 Å². The first-order valence-electron chi connectivity index (χ1n) is 9.86. The van der Waals surface area contributed by atoms with Crippen LogP contribution in [0.15, 0.2) is 42.7 Å². The average molecular weight is 367 g/mol. The monoisotopic (exact) mass is 366 g/mol. The van der Waals surface area contributed by atoms with E-state index in [1.54, 1.807) is 6.33 Å². The molecule has 1 aromatic heterocycles. The molecule has 3 saturated heterocycles. The number of piperidine rings is 1. The van der Waals surface area contributed by atoms with E-state index in [2.05, 4.69) is 56.2 Å². The van der Waals surface area contributed by atoms with Crippen molar-refractivity contribution in [3.63, 3.8) is 0 Å². The predicted octanol–water partition coefficient (Wildman–Crippen LogP) is 3.94. The van der Waals surface area contributed by atoms with Crippen LogP contribution in [0.4, 0.5) is 11.6 Å². The van der Waals surface area contributed by atoms with Crippen molar-refractivity contribution in [2.24, 2.45) is 0 Å². The highest BCUT2D eigenvalue weighted by atomic mass is 32.2. The van der Waals surface area contributed by atoms with Crippen molar-refractivity contribution in [3.05, 3.63) is 48.3 Å². The van der Waals surface area contributed by atoms with E-state index in [1.165, 1.54) is 42.8 Å². The molecule has 5 rings (SSSR count). The smallest absolute Gasteiger partial charge is 0.134 e. The topological polar surface area (TPSA) is 32.3 Å². The van der Waals surface area contributed by atoms with Crippen molar-refractivity contribution >= 4 is 23.4 Å². The van der Waals surface area contributed by atoms with Gasteiger partial charge in [0.05, 0.1) is 0 Å². The first-order chi connectivity index (χ1) is 12.9. The zero-order chi connectivity index (χ0) is 17.3. The molecule has 3 aliphatic heterocycles. The van der Waals surface area contributed by atoms with Gasteiger partial charge in [-0.15, -0.1) is 0 Å². The molecule has 0 aliphatic carbocycles. The number of anilines is 2. The molecule has 3 aliphatic rings. The van der Waals surface area contributed by atoms with Crippen molar-refractivity contribution in [2.45, 2.75) is 43.7 Å². The highest BCUT2D eigenvalue weighted by molar-refractivity contribution is 7.99. The zero-order valence-electron chi connectivity index (χ0n) is 15.1. The second-order valence-corrected chi connectivity index (χ2v) is 8.93. The van der Waals surface area contributed by atoms with E-state index in [4.69, 9.17) is 0 Å². The third-order valence-electron chi connectivity index (χ3n) is 6.24. The third kappa shape index (κ3) is 3.07. The third-order valence-corrected chi connectivity index (χ3v) is 7.18. The number of hydrogen-bond acceptors (Lipinski definition) is 5. The molecular weight excluding hydrogens is 340 g/mol. The first-order valence-corrected chi connectivity index (χ1v) is 11.0. The Hall–Kier alpha value is -1.75. The summed E-state index contributed by atoms with van der Waals surface area (Å²) in [5, 5.41) is 0. The molecule has 0 amide bonds. The van der Waals surface area contributed by atoms with Crippen LogP contribution in [-0.4, -0.2) is 46.6 Å². The van der Waals surface area contributed by atoms with Crippen LogP contribution in [0.2, 0.25) is 0 Å². The largest absolute Gasteiger partial charge is 0.355 e. The van der Waals surface area contributed by atoms with Gasteiger partial charge in [-0.1, -0.05) is 30.3 Å². The lowest BCUT2D eigenvalue weighted by molar-refractivity contribution is 0.413. The van der Waals surface area contributed by atoms with Crippen LogP contribution in [-0.2, 0) is 0 Å². The molecule has 0 saturated carbocycles. The fourth-order valence-corrected chi connectivity index (χ4v) is 5.90. The molecule has 1 unspecified atom stereocenters. The molecule has 0 spiro atoms. The Morgan fingerprint density at radius 1 is 0.885 bits per heavy atom. The molecule has 2 aromatic rings. The van der Waals surface area contributed by atoms with Crippen molar-refractivity contribution in [3.8, 4) is 0 Å². The van der Waals surface area contributed by atoms with Crippen LogP contribution in [0.25, 0.3) is 0 Å². The number of fused-ring (bicyclic) bond motifs is 2. The number of rotatable bonds is 3. The molecule has 5 heteroatoms. The molecule has 2 bridgehead atoms. The summed E-state index contributed by atoms with van der Waals surface area (Å²) in [6.45, 7) is 2.20. The van der Waals surface area contributed by atoms with E-state index in [9.17, 15) is 0 Å². The minimum Gasteiger partial charge on any atom is -0.355 e. The van der Waals surface area contributed by atoms with Crippen LogP contribution in [0.3, 0.4) is 0 Å². The van der Waals surface area contributed by atoms with Crippen LogP contribution in [0, 0.1) is 0 Å². The maximum Gasteiger partial charge on any atom is 0.134 e. The molecule has 1 aromatic carbocycles. The summed E-state index contributed by atoms with van der Waals surface area (Å²) in [5.41, 5.74) is 1.51. The van der Waals surface area contributed by atoms with Gasteiger partial charge in [0.2, 0.25) is 0 Å². The highest BCUT2D eigenvalue weighted by Gasteiger charge is 2.41. The summed E-state index contributed by atoms with van der Waals surface area (Å²) in [6, 6.07) is 14.6. The van der Waals surface area contributed by atoms with Gasteiger partial charge in [0.25, 0.3) is 0 Å². The Morgan fingerprint density at radius 3 is 2.31 bits per heavy atom. The van der Waals surface area contributed by atoms with Crippen LogP contribution in [0.5, 0.6) is 0 Å². The summed E-state index contributed by atoms with van der Waals surface area (Å²) in [4.78, 5) is 14.3. The fraction of sp³-hybridized carbons (Fsp3) is 0.524. The standard InChI is InChI=1S/C21H26N4S/c1-2-4-16(5-3-1)17-12-18-6-7-19(13-17)25(18)21-14-20(22-15-23-21)24-8-10-26-11-9-24/h1-5,14-15,17-19H,6-13H2/t17?,18-,19+. The minimum atomic E-state index is 0.624. The summed E-state index contributed by atoms with van der Waals surface area (Å²) in [7, 11) is 0. The van der Waals surface area contributed by atoms with Gasteiger partial charge in [-0.05, 0) is 37.2 Å². The number of nitrogens with zero attached hydrogens (tertiary/aromatic N) is 4. The van der Waals surface area contributed by atoms with Gasteiger partial charge in [0.15, 0.2) is 0 Å². The van der Waals surface area contributed by atoms with Gasteiger partial charge in [0.1, 0.15) is 18.0 Å². The SMILES string of the molecule is c1ccc(C2C[C@H]3CC[C@@H](C2)N3c2cc(N3CCSCC3)ncn2)cc1. The zero-order valence-corrected chi connectivity index (χ0v) is 15.9. The lowest BCUT2D eigenvalue weighted by Gasteiger charge is -2.40. The van der Waals surface area contributed by atoms with Crippen LogP contribution in [0.1, 0.15) is 37.2 Å². The van der Waals surface area contributed by atoms with Gasteiger partial charge in [-0.25, -0.2) is 9.97 Å². The maximum absolute atomic E-state index is 4.68. The van der Waals surface area contributed by atoms with E-state index >= 15 is 0 Å². The van der Waals surface area contributed by atoms with Crippen molar-refractivity contribution in [1.29, 1.82) is 0 Å². The predicted molar refractivity (Wildman–Crippen MR) is 109 cm³/mol. The Morgan fingerprint density at radius 2 is 1.58 bits per heavy atom. The number of hydrogen-bond donors (Lipinski definition) is 0. The molecule has 0 radical (unpaired) electrons. The van der Waals surface area contributed by atoms with Crippen LogP contribution < -0.4 is 9.80 Å². The lowest BCUT2D eigenvalue weighted by atomic mass is 9.85. The molecule has 136 valence electrons. The summed E-state index contributed by atoms with van der Waals surface area (Å²) in [6.07, 6.45) is 6.87. The van der Waals surface area contributed by atoms with E-state index in [0.717, 1.165) is 24.7 Å². The Bertz CT molecular complexity index is 733. The van der Waals surface area contributed by atoms with E-state index in [0.29, 0.717) is 18.0 Å². The van der Waals surface area contributed by atoms with E-state index in [-0.39, 0.29) is 0 Å². The quantitative estimate of drug-likeness (QED) is 0.821. The highest BCUT2D eigenvalue weighted by Crippen LogP contribution is 2.45. The number of aromatic nitrogens is 2. The first kappa shape index (κ1) is 16.4. The Kier molecular flexibility index (Phi) is 4.49. The maximum atomic E-state index is 4.68. The molecule has 3 atom stereocenters. The van der Waals surface area contributed by atoms with Gasteiger partial charge in [-0.3, -0.25) is 0 Å². The Labute approximate surface area is 160 Å².